The smallest absolute Gasteiger partial charge is 0.333 e. The number of hydrogen-bond acceptors (Lipinski definition) is 6. The van der Waals surface area contributed by atoms with Crippen LogP contribution in [0.2, 0.25) is 0 Å². The molecule has 1 N–H and O–H groups in total. The molecule has 1 aromatic carbocycles. The van der Waals surface area contributed by atoms with E-state index < -0.39 is 21.7 Å². The van der Waals surface area contributed by atoms with Crippen LogP contribution in [-0.2, 0) is 19.6 Å². The average molecular weight is 599 g/mol. The van der Waals surface area contributed by atoms with Crippen LogP contribution in [0.25, 0.3) is 0 Å². The molecule has 6 rings (SSSR count). The lowest BCUT2D eigenvalue weighted by Crippen LogP contribution is -2.55. The van der Waals surface area contributed by atoms with Crippen LogP contribution in [0.15, 0.2) is 36.0 Å². The first kappa shape index (κ1) is 30.0. The zero-order valence-corrected chi connectivity index (χ0v) is 26.1. The van der Waals surface area contributed by atoms with E-state index >= 15 is 0 Å². The van der Waals surface area contributed by atoms with Crippen molar-refractivity contribution in [1.82, 2.24) is 4.31 Å². The highest BCUT2D eigenvalue weighted by Crippen LogP contribution is 2.67. The van der Waals surface area contributed by atoms with Crippen molar-refractivity contribution in [3.63, 3.8) is 0 Å². The van der Waals surface area contributed by atoms with Crippen molar-refractivity contribution in [2.45, 2.75) is 134 Å². The maximum absolute atomic E-state index is 14.7. The summed E-state index contributed by atoms with van der Waals surface area (Å²) in [4.78, 5) is 19.0. The summed E-state index contributed by atoms with van der Waals surface area (Å²) < 4.78 is 38.1. The Kier molecular flexibility index (Phi) is 8.42. The summed E-state index contributed by atoms with van der Waals surface area (Å²) in [7, 11) is -3.57. The van der Waals surface area contributed by atoms with E-state index in [-0.39, 0.29) is 41.0 Å². The highest BCUT2D eigenvalue weighted by molar-refractivity contribution is 7.89. The Labute approximate surface area is 251 Å². The molecular weight excluding hydrogens is 550 g/mol. The number of rotatable bonds is 8. The molecule has 0 spiro atoms. The van der Waals surface area contributed by atoms with E-state index in [4.69, 9.17) is 15.0 Å². The van der Waals surface area contributed by atoms with Gasteiger partial charge in [-0.05, 0) is 61.8 Å². The molecule has 2 bridgehead atoms. The van der Waals surface area contributed by atoms with Crippen LogP contribution in [0.3, 0.4) is 0 Å². The number of sulfonamides is 1. The monoisotopic (exact) mass is 598 g/mol. The largest absolute Gasteiger partial charge is 0.361 e. The van der Waals surface area contributed by atoms with Gasteiger partial charge >= 0.3 is 5.70 Å². The molecule has 4 aliphatic carbocycles. The lowest BCUT2D eigenvalue weighted by Gasteiger charge is -2.46. The fraction of sp³-hybridized carbons (Fsp3) is 0.758. The van der Waals surface area contributed by atoms with Crippen molar-refractivity contribution in [2.75, 3.05) is 5.75 Å². The molecular formula is C33H48N3O5S+. The molecule has 8 nitrogen and oxygen atoms in total. The molecule has 1 aliphatic heterocycles. The van der Waals surface area contributed by atoms with Gasteiger partial charge in [0.1, 0.15) is 0 Å². The van der Waals surface area contributed by atoms with Crippen LogP contribution >= 0.6 is 0 Å². The van der Waals surface area contributed by atoms with Gasteiger partial charge in [0.15, 0.2) is 0 Å². The number of allylic oxidation sites excluding steroid dienone is 1. The van der Waals surface area contributed by atoms with E-state index in [1.165, 1.54) is 12.8 Å². The van der Waals surface area contributed by atoms with Crippen molar-refractivity contribution in [2.24, 2.45) is 16.7 Å². The number of fused-ring (bicyclic) bond motifs is 2. The van der Waals surface area contributed by atoms with Crippen LogP contribution in [0.1, 0.15) is 115 Å². The predicted octanol–water partition coefficient (Wildman–Crippen LogP) is 6.85. The van der Waals surface area contributed by atoms with Gasteiger partial charge in [0.25, 0.3) is 11.2 Å². The first-order valence-electron chi connectivity index (χ1n) is 16.3. The van der Waals surface area contributed by atoms with E-state index in [0.717, 1.165) is 76.2 Å². The van der Waals surface area contributed by atoms with Gasteiger partial charge in [-0.1, -0.05) is 82.7 Å². The first-order valence-corrected chi connectivity index (χ1v) is 17.9. The van der Waals surface area contributed by atoms with Gasteiger partial charge in [0, 0.05) is 23.9 Å². The molecule has 230 valence electrons. The molecule has 5 atom stereocenters. The third-order valence-corrected chi connectivity index (χ3v) is 13.9. The molecule has 1 saturated heterocycles. The summed E-state index contributed by atoms with van der Waals surface area (Å²) in [6.45, 7) is 4.47. The summed E-state index contributed by atoms with van der Waals surface area (Å²) in [5, 5.41) is 7.73. The normalized spacial score (nSPS) is 34.0. The van der Waals surface area contributed by atoms with Crippen LogP contribution in [-0.4, -0.2) is 53.7 Å². The molecule has 4 saturated carbocycles. The van der Waals surface area contributed by atoms with Gasteiger partial charge in [-0.2, -0.15) is 9.14 Å². The van der Waals surface area contributed by atoms with E-state index in [9.17, 15) is 13.3 Å². The Morgan fingerprint density at radius 2 is 1.60 bits per heavy atom. The number of benzene rings is 1. The molecule has 0 aromatic heterocycles. The second kappa shape index (κ2) is 11.8. The lowest BCUT2D eigenvalue weighted by molar-refractivity contribution is -0.802. The topological polar surface area (TPSA) is 99.8 Å². The molecule has 9 heteroatoms. The van der Waals surface area contributed by atoms with E-state index in [1.807, 2.05) is 34.6 Å². The lowest BCUT2D eigenvalue weighted by atomic mass is 9.69. The molecule has 0 unspecified atom stereocenters. The van der Waals surface area contributed by atoms with Crippen molar-refractivity contribution in [3.8, 4) is 0 Å². The number of nitrogens with one attached hydrogen (secondary N) is 1. The predicted molar refractivity (Wildman–Crippen MR) is 161 cm³/mol. The zero-order valence-electron chi connectivity index (χ0n) is 25.3. The molecule has 0 amide bonds. The number of ether oxygens (including phenoxy) is 1. The van der Waals surface area contributed by atoms with Crippen LogP contribution in [0.5, 0.6) is 0 Å². The maximum atomic E-state index is 14.7. The Hall–Kier alpha value is -2.06. The van der Waals surface area contributed by atoms with Gasteiger partial charge in [-0.15, -0.1) is 0 Å². The number of hydrogen-bond donors (Lipinski definition) is 1. The zero-order chi connectivity index (χ0) is 29.5. The fourth-order valence-corrected chi connectivity index (χ4v) is 12.2. The van der Waals surface area contributed by atoms with Gasteiger partial charge in [-0.3, -0.25) is 5.41 Å². The molecule has 5 aliphatic rings. The molecule has 1 aromatic rings. The Bertz CT molecular complexity index is 1280. The summed E-state index contributed by atoms with van der Waals surface area (Å²) >= 11 is 0. The van der Waals surface area contributed by atoms with Crippen molar-refractivity contribution in [1.29, 1.82) is 5.41 Å². The van der Waals surface area contributed by atoms with Gasteiger partial charge < -0.3 is 4.74 Å². The van der Waals surface area contributed by atoms with Gasteiger partial charge in [0.05, 0.1) is 28.6 Å². The summed E-state index contributed by atoms with van der Waals surface area (Å²) in [6, 6.07) is 9.86. The summed E-state index contributed by atoms with van der Waals surface area (Å²) in [5.41, 5.74) is 0.281. The van der Waals surface area contributed by atoms with E-state index in [1.54, 1.807) is 0 Å². The van der Waals surface area contributed by atoms with Crippen molar-refractivity contribution >= 4 is 15.9 Å². The second-order valence-corrected chi connectivity index (χ2v) is 16.0. The third-order valence-electron chi connectivity index (χ3n) is 11.8. The fourth-order valence-electron chi connectivity index (χ4n) is 9.37. The van der Waals surface area contributed by atoms with E-state index in [2.05, 4.69) is 19.7 Å². The molecule has 42 heavy (non-hydrogen) atoms. The standard InChI is InChI=1S/C33H48N3O5S/c1-32(2)25-18-19-33(32,23-42(38,39)35(26-14-8-4-9-15-26)27-16-10-5-11-17-27)30(20-25)40-31-21-28(24-12-6-3-7-13-24)29(22-34)36(37)41-31/h3,6-7,12-13,25-28,30-31,34H,4-5,8-11,14-21,23H2,1-2H3/q+1/t25-,28-,30-,31+,33-/m1/s1. The van der Waals surface area contributed by atoms with Crippen LogP contribution in [0.4, 0.5) is 0 Å². The van der Waals surface area contributed by atoms with E-state index in [0.29, 0.717) is 17.3 Å². The number of nitrogens with zero attached hydrogens (tertiary/aromatic N) is 2. The average Bonchev–Trinajstić information content (AvgIpc) is 3.33. The van der Waals surface area contributed by atoms with Crippen molar-refractivity contribution < 1.29 is 22.9 Å². The first-order chi connectivity index (χ1) is 20.2. The van der Waals surface area contributed by atoms with Gasteiger partial charge in [0.2, 0.25) is 10.0 Å². The van der Waals surface area contributed by atoms with Crippen LogP contribution in [0, 0.1) is 27.1 Å². The SMILES string of the molecule is CC1(C)[C@@H]2CC[C@@]1(CS(=O)(=O)N(C1CCCCC1)C1CCCCC1)[C@H](O[C@@H]1C[C@H](c3ccccc3)C(=C=N)[N+](=O)O1)C2. The minimum Gasteiger partial charge on any atom is -0.333 e. The Morgan fingerprint density at radius 1 is 0.976 bits per heavy atom. The van der Waals surface area contributed by atoms with Crippen LogP contribution < -0.4 is 0 Å². The molecule has 0 radical (unpaired) electrons. The Morgan fingerprint density at radius 3 is 2.17 bits per heavy atom. The van der Waals surface area contributed by atoms with Crippen molar-refractivity contribution in [3.05, 3.63) is 46.5 Å². The second-order valence-electron chi connectivity index (χ2n) is 14.1. The minimum absolute atomic E-state index is 0.0999. The minimum atomic E-state index is -3.57. The maximum Gasteiger partial charge on any atom is 0.361 e. The van der Waals surface area contributed by atoms with Gasteiger partial charge in [-0.25, -0.2) is 8.42 Å². The highest BCUT2D eigenvalue weighted by atomic mass is 32.2. The summed E-state index contributed by atoms with van der Waals surface area (Å²) in [5.74, 6) is 2.37. The quantitative estimate of drug-likeness (QED) is 0.330. The molecule has 1 heterocycles. The Balaban J connectivity index is 1.28. The molecule has 5 fully saturated rings. The summed E-state index contributed by atoms with van der Waals surface area (Å²) in [6.07, 6.45) is 12.5. The highest BCUT2D eigenvalue weighted by Gasteiger charge is 2.67. The third kappa shape index (κ3) is 5.29.